The van der Waals surface area contributed by atoms with Crippen molar-refractivity contribution in [1.29, 1.82) is 0 Å². The highest BCUT2D eigenvalue weighted by atomic mass is 19.1. The van der Waals surface area contributed by atoms with Crippen molar-refractivity contribution in [2.45, 2.75) is 99.0 Å². The zero-order chi connectivity index (χ0) is 27.5. The summed E-state index contributed by atoms with van der Waals surface area (Å²) in [5.41, 5.74) is 3.99. The van der Waals surface area contributed by atoms with E-state index in [2.05, 4.69) is 48.0 Å². The standard InChI is InChI=1S/C18H25FN2.C11H14F2O.C2H6/c1-4-14(13(3)19)10-21-11-18-16(9-12(21)2)15-7-5-6-8-17(15)20-18;1-3-10(4-2)14-11-6-8(12)5-9(13)7-11;1-2/h5-8,12-14,20H,4,9-11H2,1-3H3;5-7,10H,3-4H2,1-2H3;1-2H3. The predicted octanol–water partition coefficient (Wildman–Crippen LogP) is 8.86. The number of benzene rings is 2. The first kappa shape index (κ1) is 30.8. The molecular weight excluding hydrogens is 473 g/mol. The molecule has 0 amide bonds. The molecular formula is C31H45F3N2O. The van der Waals surface area contributed by atoms with Crippen LogP contribution in [0.4, 0.5) is 13.2 Å². The fourth-order valence-electron chi connectivity index (χ4n) is 4.80. The van der Waals surface area contributed by atoms with Gasteiger partial charge in [-0.05, 0) is 51.2 Å². The molecule has 0 spiro atoms. The normalized spacial score (nSPS) is 16.8. The van der Waals surface area contributed by atoms with Gasteiger partial charge in [-0.25, -0.2) is 13.2 Å². The number of halogens is 3. The summed E-state index contributed by atoms with van der Waals surface area (Å²) in [7, 11) is 0. The van der Waals surface area contributed by atoms with Crippen molar-refractivity contribution in [2.24, 2.45) is 5.92 Å². The second-order valence-corrected chi connectivity index (χ2v) is 9.62. The third-order valence-corrected chi connectivity index (χ3v) is 7.08. The summed E-state index contributed by atoms with van der Waals surface area (Å²) in [4.78, 5) is 5.98. The van der Waals surface area contributed by atoms with E-state index in [4.69, 9.17) is 4.74 Å². The Labute approximate surface area is 221 Å². The predicted molar refractivity (Wildman–Crippen MR) is 149 cm³/mol. The summed E-state index contributed by atoms with van der Waals surface area (Å²) in [6.45, 7) is 15.8. The maximum absolute atomic E-state index is 13.7. The van der Waals surface area contributed by atoms with Gasteiger partial charge in [-0.15, -0.1) is 0 Å². The molecule has 1 aliphatic heterocycles. The summed E-state index contributed by atoms with van der Waals surface area (Å²) in [6, 6.07) is 12.2. The van der Waals surface area contributed by atoms with E-state index in [0.29, 0.717) is 6.04 Å². The Balaban J connectivity index is 0.000000263. The fourth-order valence-corrected chi connectivity index (χ4v) is 4.80. The van der Waals surface area contributed by atoms with Crippen LogP contribution in [0.2, 0.25) is 0 Å². The maximum Gasteiger partial charge on any atom is 0.129 e. The largest absolute Gasteiger partial charge is 0.490 e. The summed E-state index contributed by atoms with van der Waals surface area (Å²) in [5, 5.41) is 1.35. The van der Waals surface area contributed by atoms with Gasteiger partial charge in [0.05, 0.1) is 6.10 Å². The number of H-pyrrole nitrogens is 1. The quantitative estimate of drug-likeness (QED) is 0.323. The molecule has 2 heterocycles. The number of alkyl halides is 1. The van der Waals surface area contributed by atoms with Gasteiger partial charge in [-0.3, -0.25) is 4.90 Å². The molecule has 2 aromatic carbocycles. The summed E-state index contributed by atoms with van der Waals surface area (Å²) < 4.78 is 44.6. The van der Waals surface area contributed by atoms with Gasteiger partial charge in [0.1, 0.15) is 23.6 Å². The fraction of sp³-hybridized carbons (Fsp3) is 0.548. The Hall–Kier alpha value is -2.47. The van der Waals surface area contributed by atoms with Gasteiger partial charge >= 0.3 is 0 Å². The minimum absolute atomic E-state index is 0.0243. The second kappa shape index (κ2) is 15.1. The van der Waals surface area contributed by atoms with Crippen LogP contribution in [0.25, 0.3) is 10.9 Å². The molecule has 0 fully saturated rings. The van der Waals surface area contributed by atoms with Crippen LogP contribution in [0.1, 0.15) is 79.0 Å². The molecule has 6 heteroatoms. The van der Waals surface area contributed by atoms with Crippen molar-refractivity contribution in [2.75, 3.05) is 6.54 Å². The zero-order valence-corrected chi connectivity index (χ0v) is 23.6. The summed E-state index contributed by atoms with van der Waals surface area (Å²) in [6.07, 6.45) is 2.91. The third-order valence-electron chi connectivity index (χ3n) is 7.08. The molecule has 3 aromatic rings. The van der Waals surface area contributed by atoms with Crippen molar-refractivity contribution >= 4 is 10.9 Å². The van der Waals surface area contributed by atoms with E-state index in [-0.39, 0.29) is 17.8 Å². The van der Waals surface area contributed by atoms with E-state index >= 15 is 0 Å². The van der Waals surface area contributed by atoms with Gasteiger partial charge < -0.3 is 9.72 Å². The second-order valence-electron chi connectivity index (χ2n) is 9.62. The van der Waals surface area contributed by atoms with Crippen LogP contribution < -0.4 is 4.74 Å². The number of ether oxygens (including phenoxy) is 1. The Morgan fingerprint density at radius 1 is 1.00 bits per heavy atom. The summed E-state index contributed by atoms with van der Waals surface area (Å²) in [5.74, 6) is -0.813. The van der Waals surface area contributed by atoms with E-state index in [1.807, 2.05) is 27.7 Å². The summed E-state index contributed by atoms with van der Waals surface area (Å²) >= 11 is 0. The van der Waals surface area contributed by atoms with E-state index in [9.17, 15) is 13.2 Å². The van der Waals surface area contributed by atoms with Gasteiger partial charge in [0.15, 0.2) is 0 Å². The van der Waals surface area contributed by atoms with E-state index in [1.165, 1.54) is 34.3 Å². The first-order valence-corrected chi connectivity index (χ1v) is 13.8. The number of rotatable bonds is 8. The molecule has 3 unspecified atom stereocenters. The van der Waals surface area contributed by atoms with Gasteiger partial charge in [-0.2, -0.15) is 0 Å². The molecule has 0 aliphatic carbocycles. The first-order chi connectivity index (χ1) is 17.7. The number of aromatic amines is 1. The Bertz CT molecular complexity index is 1060. The van der Waals surface area contributed by atoms with E-state index in [1.54, 1.807) is 6.92 Å². The van der Waals surface area contributed by atoms with Crippen LogP contribution in [0, 0.1) is 17.6 Å². The monoisotopic (exact) mass is 518 g/mol. The molecule has 37 heavy (non-hydrogen) atoms. The molecule has 3 nitrogen and oxygen atoms in total. The van der Waals surface area contributed by atoms with Crippen LogP contribution in [0.3, 0.4) is 0 Å². The highest BCUT2D eigenvalue weighted by Gasteiger charge is 2.28. The van der Waals surface area contributed by atoms with Crippen molar-refractivity contribution in [1.82, 2.24) is 9.88 Å². The Morgan fingerprint density at radius 3 is 2.19 bits per heavy atom. The average molecular weight is 519 g/mol. The number of nitrogens with one attached hydrogen (secondary N) is 1. The van der Waals surface area contributed by atoms with Gasteiger partial charge in [0.2, 0.25) is 0 Å². The average Bonchev–Trinajstić information content (AvgIpc) is 3.23. The van der Waals surface area contributed by atoms with E-state index < -0.39 is 17.8 Å². The molecule has 206 valence electrons. The SMILES string of the molecule is CC.CCC(CC)Oc1cc(F)cc(F)c1.CCC(CN1Cc2[nH]c3ccccc3c2CC1C)C(C)F. The first-order valence-electron chi connectivity index (χ1n) is 13.8. The third kappa shape index (κ3) is 8.53. The number of aromatic nitrogens is 1. The molecule has 1 aromatic heterocycles. The molecule has 0 saturated heterocycles. The lowest BCUT2D eigenvalue weighted by Gasteiger charge is -2.36. The zero-order valence-electron chi connectivity index (χ0n) is 23.6. The van der Waals surface area contributed by atoms with Crippen molar-refractivity contribution < 1.29 is 17.9 Å². The number of fused-ring (bicyclic) bond motifs is 3. The topological polar surface area (TPSA) is 28.3 Å². The minimum Gasteiger partial charge on any atom is -0.490 e. The van der Waals surface area contributed by atoms with Crippen LogP contribution in [0.5, 0.6) is 5.75 Å². The number of nitrogens with zero attached hydrogens (tertiary/aromatic N) is 1. The number of para-hydroxylation sites is 1. The molecule has 1 N–H and O–H groups in total. The van der Waals surface area contributed by atoms with Gasteiger partial charge in [0, 0.05) is 59.8 Å². The Kier molecular flexibility index (Phi) is 12.5. The van der Waals surface area contributed by atoms with Crippen molar-refractivity contribution in [3.8, 4) is 5.75 Å². The molecule has 1 aliphatic rings. The van der Waals surface area contributed by atoms with Crippen LogP contribution in [-0.2, 0) is 13.0 Å². The molecule has 3 atom stereocenters. The molecule has 4 rings (SSSR count). The molecule has 0 radical (unpaired) electrons. The van der Waals surface area contributed by atoms with Crippen LogP contribution >= 0.6 is 0 Å². The van der Waals surface area contributed by atoms with E-state index in [0.717, 1.165) is 44.8 Å². The van der Waals surface area contributed by atoms with Gasteiger partial charge in [0.25, 0.3) is 0 Å². The number of hydrogen-bond acceptors (Lipinski definition) is 2. The lowest BCUT2D eigenvalue weighted by atomic mass is 9.94. The highest BCUT2D eigenvalue weighted by molar-refractivity contribution is 5.84. The molecule has 0 bridgehead atoms. The lowest BCUT2D eigenvalue weighted by molar-refractivity contribution is 0.115. The lowest BCUT2D eigenvalue weighted by Crippen LogP contribution is -2.42. The van der Waals surface area contributed by atoms with Gasteiger partial charge in [-0.1, -0.05) is 52.8 Å². The smallest absolute Gasteiger partial charge is 0.129 e. The van der Waals surface area contributed by atoms with Crippen LogP contribution in [0.15, 0.2) is 42.5 Å². The van der Waals surface area contributed by atoms with Crippen molar-refractivity contribution in [3.05, 3.63) is 65.4 Å². The number of hydrogen-bond donors (Lipinski definition) is 1. The van der Waals surface area contributed by atoms with Crippen LogP contribution in [-0.4, -0.2) is 34.7 Å². The highest BCUT2D eigenvalue weighted by Crippen LogP contribution is 2.31. The Morgan fingerprint density at radius 2 is 1.62 bits per heavy atom. The maximum atomic E-state index is 13.7. The van der Waals surface area contributed by atoms with Crippen molar-refractivity contribution in [3.63, 3.8) is 0 Å². The molecule has 0 saturated carbocycles. The minimum atomic E-state index is -0.730.